The lowest BCUT2D eigenvalue weighted by Crippen LogP contribution is -2.14. The molecule has 0 spiro atoms. The van der Waals surface area contributed by atoms with Gasteiger partial charge in [0.25, 0.3) is 0 Å². The molecule has 1 amide bonds. The summed E-state index contributed by atoms with van der Waals surface area (Å²) in [5, 5.41) is 2.77. The molecular formula is C8H10Cl2N4O. The van der Waals surface area contributed by atoms with Crippen LogP contribution in [0.2, 0.25) is 10.3 Å². The molecular weight excluding hydrogens is 239 g/mol. The Morgan fingerprint density at radius 3 is 2.53 bits per heavy atom. The molecule has 0 aromatic carbocycles. The van der Waals surface area contributed by atoms with Gasteiger partial charge in [-0.1, -0.05) is 23.2 Å². The van der Waals surface area contributed by atoms with Crippen LogP contribution >= 0.6 is 23.2 Å². The summed E-state index contributed by atoms with van der Waals surface area (Å²) in [6.45, 7) is 0.459. The Hall–Kier alpha value is -0.910. The van der Waals surface area contributed by atoms with E-state index in [-0.39, 0.29) is 21.9 Å². The molecule has 15 heavy (non-hydrogen) atoms. The summed E-state index contributed by atoms with van der Waals surface area (Å²) in [5.41, 5.74) is 5.51. The summed E-state index contributed by atoms with van der Waals surface area (Å²) in [7, 11) is 0. The average Bonchev–Trinajstić information content (AvgIpc) is 2.21. The zero-order valence-electron chi connectivity index (χ0n) is 7.83. The lowest BCUT2D eigenvalue weighted by Gasteiger charge is -2.06. The maximum absolute atomic E-state index is 11.3. The number of nitrogens with two attached hydrogens (primary N) is 1. The van der Waals surface area contributed by atoms with Gasteiger partial charge in [0.05, 0.1) is 0 Å². The monoisotopic (exact) mass is 248 g/mol. The second-order valence-corrected chi connectivity index (χ2v) is 3.49. The smallest absolute Gasteiger partial charge is 0.224 e. The molecule has 1 heterocycles. The molecule has 0 aliphatic heterocycles. The first kappa shape index (κ1) is 12.2. The van der Waals surface area contributed by atoms with Crippen LogP contribution in [0, 0.1) is 0 Å². The third-order valence-electron chi connectivity index (χ3n) is 1.63. The first-order chi connectivity index (χ1) is 7.15. The molecule has 0 aliphatic rings. The largest absolute Gasteiger partial charge is 0.330 e. The molecule has 82 valence electrons. The van der Waals surface area contributed by atoms with Crippen molar-refractivity contribution in [3.63, 3.8) is 0 Å². The Balaban J connectivity index is 2.68. The van der Waals surface area contributed by atoms with E-state index in [4.69, 9.17) is 28.9 Å². The van der Waals surface area contributed by atoms with Crippen LogP contribution in [0.25, 0.3) is 0 Å². The summed E-state index contributed by atoms with van der Waals surface area (Å²) < 4.78 is 0. The van der Waals surface area contributed by atoms with Crippen LogP contribution in [0.4, 0.5) is 5.69 Å². The van der Waals surface area contributed by atoms with Gasteiger partial charge in [-0.05, 0) is 13.0 Å². The van der Waals surface area contributed by atoms with Crippen molar-refractivity contribution in [2.45, 2.75) is 12.8 Å². The van der Waals surface area contributed by atoms with Crippen molar-refractivity contribution < 1.29 is 4.79 Å². The van der Waals surface area contributed by atoms with E-state index in [9.17, 15) is 4.79 Å². The second kappa shape index (κ2) is 5.85. The summed E-state index contributed by atoms with van der Waals surface area (Å²) in [4.78, 5) is 18.7. The Bertz CT molecular complexity index is 338. The average molecular weight is 249 g/mol. The standard InChI is InChI=1S/C8H10Cl2N4O/c9-7-6(8(10)13-4-12-7)14-5(15)2-1-3-11/h4H,1-3,11H2,(H,14,15). The predicted octanol–water partition coefficient (Wildman–Crippen LogP) is 1.46. The topological polar surface area (TPSA) is 80.9 Å². The van der Waals surface area contributed by atoms with E-state index in [1.54, 1.807) is 0 Å². The molecule has 0 saturated carbocycles. The first-order valence-corrected chi connectivity index (χ1v) is 5.06. The lowest BCUT2D eigenvalue weighted by atomic mass is 10.3. The van der Waals surface area contributed by atoms with Gasteiger partial charge >= 0.3 is 0 Å². The van der Waals surface area contributed by atoms with Crippen molar-refractivity contribution in [1.29, 1.82) is 0 Å². The molecule has 5 nitrogen and oxygen atoms in total. The van der Waals surface area contributed by atoms with Crippen LogP contribution in [0.15, 0.2) is 6.33 Å². The summed E-state index contributed by atoms with van der Waals surface area (Å²) in [5.74, 6) is -0.209. The van der Waals surface area contributed by atoms with Gasteiger partial charge in [0.1, 0.15) is 12.0 Å². The highest BCUT2D eigenvalue weighted by atomic mass is 35.5. The Kier molecular flexibility index (Phi) is 4.74. The Morgan fingerprint density at radius 2 is 2.00 bits per heavy atom. The molecule has 1 aromatic rings. The molecule has 0 aliphatic carbocycles. The van der Waals surface area contributed by atoms with Crippen molar-refractivity contribution in [1.82, 2.24) is 9.97 Å². The number of rotatable bonds is 4. The van der Waals surface area contributed by atoms with Crippen molar-refractivity contribution in [3.8, 4) is 0 Å². The maximum atomic E-state index is 11.3. The van der Waals surface area contributed by atoms with Crippen LogP contribution in [0.5, 0.6) is 0 Å². The third-order valence-corrected chi connectivity index (χ3v) is 2.20. The molecule has 0 bridgehead atoms. The minimum atomic E-state index is -0.209. The highest BCUT2D eigenvalue weighted by Gasteiger charge is 2.10. The molecule has 1 aromatic heterocycles. The Labute approximate surface area is 97.0 Å². The molecule has 0 fully saturated rings. The highest BCUT2D eigenvalue weighted by molar-refractivity contribution is 6.38. The lowest BCUT2D eigenvalue weighted by molar-refractivity contribution is -0.116. The molecule has 1 rings (SSSR count). The van der Waals surface area contributed by atoms with Crippen LogP contribution in [-0.4, -0.2) is 22.4 Å². The fraction of sp³-hybridized carbons (Fsp3) is 0.375. The van der Waals surface area contributed by atoms with Gasteiger partial charge in [0.15, 0.2) is 10.3 Å². The number of hydrogen-bond acceptors (Lipinski definition) is 4. The number of hydrogen-bond donors (Lipinski definition) is 2. The van der Waals surface area contributed by atoms with E-state index in [1.807, 2.05) is 0 Å². The van der Waals surface area contributed by atoms with E-state index in [1.165, 1.54) is 6.33 Å². The number of amides is 1. The fourth-order valence-electron chi connectivity index (χ4n) is 0.912. The number of aromatic nitrogens is 2. The first-order valence-electron chi connectivity index (χ1n) is 4.31. The summed E-state index contributed by atoms with van der Waals surface area (Å²) >= 11 is 11.5. The van der Waals surface area contributed by atoms with Gasteiger partial charge < -0.3 is 11.1 Å². The van der Waals surface area contributed by atoms with E-state index >= 15 is 0 Å². The molecule has 0 saturated heterocycles. The van der Waals surface area contributed by atoms with E-state index < -0.39 is 0 Å². The van der Waals surface area contributed by atoms with E-state index in [0.717, 1.165) is 0 Å². The zero-order chi connectivity index (χ0) is 11.3. The SMILES string of the molecule is NCCCC(=O)Nc1c(Cl)ncnc1Cl. The van der Waals surface area contributed by atoms with Gasteiger partial charge in [-0.3, -0.25) is 4.79 Å². The zero-order valence-corrected chi connectivity index (χ0v) is 9.35. The fourth-order valence-corrected chi connectivity index (χ4v) is 1.32. The van der Waals surface area contributed by atoms with Crippen molar-refractivity contribution in [2.75, 3.05) is 11.9 Å². The molecule has 0 atom stereocenters. The van der Waals surface area contributed by atoms with Crippen LogP contribution in [-0.2, 0) is 4.79 Å². The summed E-state index contributed by atoms with van der Waals surface area (Å²) in [6.07, 6.45) is 2.15. The van der Waals surface area contributed by atoms with Gasteiger partial charge in [-0.15, -0.1) is 0 Å². The summed E-state index contributed by atoms with van der Waals surface area (Å²) in [6, 6.07) is 0. The van der Waals surface area contributed by atoms with Crippen LogP contribution in [0.3, 0.4) is 0 Å². The van der Waals surface area contributed by atoms with Gasteiger partial charge in [0.2, 0.25) is 5.91 Å². The second-order valence-electron chi connectivity index (χ2n) is 2.77. The number of halogens is 2. The van der Waals surface area contributed by atoms with Gasteiger partial charge in [-0.2, -0.15) is 0 Å². The van der Waals surface area contributed by atoms with Crippen molar-refractivity contribution >= 4 is 34.8 Å². The molecule has 0 unspecified atom stereocenters. The number of nitrogens with one attached hydrogen (secondary N) is 1. The van der Waals surface area contributed by atoms with Gasteiger partial charge in [-0.25, -0.2) is 9.97 Å². The molecule has 3 N–H and O–H groups in total. The van der Waals surface area contributed by atoms with Crippen LogP contribution < -0.4 is 11.1 Å². The Morgan fingerprint density at radius 1 is 1.40 bits per heavy atom. The number of anilines is 1. The minimum Gasteiger partial charge on any atom is -0.330 e. The number of carbonyl (C=O) groups is 1. The third kappa shape index (κ3) is 3.62. The van der Waals surface area contributed by atoms with E-state index in [2.05, 4.69) is 15.3 Å². The van der Waals surface area contributed by atoms with Crippen molar-refractivity contribution in [2.24, 2.45) is 5.73 Å². The number of nitrogens with zero attached hydrogens (tertiary/aromatic N) is 2. The normalized spacial score (nSPS) is 10.1. The highest BCUT2D eigenvalue weighted by Crippen LogP contribution is 2.25. The number of carbonyl (C=O) groups excluding carboxylic acids is 1. The predicted molar refractivity (Wildman–Crippen MR) is 59.0 cm³/mol. The molecule has 0 radical (unpaired) electrons. The minimum absolute atomic E-state index is 0.121. The van der Waals surface area contributed by atoms with E-state index in [0.29, 0.717) is 19.4 Å². The van der Waals surface area contributed by atoms with Crippen LogP contribution in [0.1, 0.15) is 12.8 Å². The molecule has 7 heteroatoms. The van der Waals surface area contributed by atoms with Crippen molar-refractivity contribution in [3.05, 3.63) is 16.6 Å². The quantitative estimate of drug-likeness (QED) is 0.791. The van der Waals surface area contributed by atoms with Gasteiger partial charge in [0, 0.05) is 6.42 Å². The maximum Gasteiger partial charge on any atom is 0.224 e.